The van der Waals surface area contributed by atoms with Crippen LogP contribution >= 0.6 is 0 Å². The summed E-state index contributed by atoms with van der Waals surface area (Å²) in [5, 5.41) is 11.2. The Morgan fingerprint density at radius 3 is 1.78 bits per heavy atom. The van der Waals surface area contributed by atoms with E-state index in [0.717, 1.165) is 22.9 Å². The maximum Gasteiger partial charge on any atom is 0.114 e. The molecule has 4 aromatic carbocycles. The molecule has 2 saturated carbocycles. The molecule has 2 heteroatoms. The van der Waals surface area contributed by atoms with Crippen molar-refractivity contribution in [1.82, 2.24) is 5.32 Å². The van der Waals surface area contributed by atoms with Crippen LogP contribution in [0.5, 0.6) is 0 Å². The van der Waals surface area contributed by atoms with Crippen molar-refractivity contribution in [2.45, 2.75) is 76.3 Å². The van der Waals surface area contributed by atoms with Crippen LogP contribution < -0.4 is 10.8 Å². The van der Waals surface area contributed by atoms with Crippen molar-refractivity contribution in [3.63, 3.8) is 0 Å². The lowest BCUT2D eigenvalue weighted by Crippen LogP contribution is -2.40. The topological polar surface area (TPSA) is 12.0 Å². The fourth-order valence-corrected chi connectivity index (χ4v) is 5.70. The standard InChI is InChI=1S/C18H11B.C12H23N/c19-17-7-3-6-12-8-9-15-10-13-4-1-2-5-14(13)11-16(15)18(12)17;1-3-7-11(8-4-1)13-12-9-5-2-6-10-12/h1-11H;11-13H,1-10H2. The molecule has 0 unspecified atom stereocenters. The molecule has 1 nitrogen and oxygen atoms in total. The van der Waals surface area contributed by atoms with E-state index in [1.807, 2.05) is 12.1 Å². The smallest absolute Gasteiger partial charge is 0.114 e. The highest BCUT2D eigenvalue weighted by Gasteiger charge is 2.19. The Kier molecular flexibility index (Phi) is 6.79. The highest BCUT2D eigenvalue weighted by atomic mass is 14.9. The third-order valence-corrected chi connectivity index (χ3v) is 7.44. The maximum absolute atomic E-state index is 6.17. The number of fused-ring (bicyclic) bond motifs is 4. The molecule has 2 fully saturated rings. The summed E-state index contributed by atoms with van der Waals surface area (Å²) >= 11 is 0. The van der Waals surface area contributed by atoms with Crippen LogP contribution in [0.2, 0.25) is 0 Å². The van der Waals surface area contributed by atoms with Crippen molar-refractivity contribution >= 4 is 45.6 Å². The fraction of sp³-hybridized carbons (Fsp3) is 0.400. The van der Waals surface area contributed by atoms with Gasteiger partial charge in [0.15, 0.2) is 0 Å². The molecule has 2 aliphatic rings. The van der Waals surface area contributed by atoms with Crippen molar-refractivity contribution in [2.75, 3.05) is 0 Å². The normalized spacial score (nSPS) is 18.0. The van der Waals surface area contributed by atoms with E-state index in [1.54, 1.807) is 0 Å². The zero-order chi connectivity index (χ0) is 21.8. The average molecular weight is 419 g/mol. The van der Waals surface area contributed by atoms with Gasteiger partial charge in [-0.25, -0.2) is 0 Å². The summed E-state index contributed by atoms with van der Waals surface area (Å²) in [6, 6.07) is 25.1. The molecule has 1 N–H and O–H groups in total. The van der Waals surface area contributed by atoms with E-state index in [0.29, 0.717) is 0 Å². The van der Waals surface area contributed by atoms with Crippen LogP contribution in [0.25, 0.3) is 32.3 Å². The molecule has 162 valence electrons. The zero-order valence-electron chi connectivity index (χ0n) is 19.2. The first-order valence-electron chi connectivity index (χ1n) is 12.6. The molecule has 2 aliphatic carbocycles. The number of hydrogen-bond acceptors (Lipinski definition) is 1. The summed E-state index contributed by atoms with van der Waals surface area (Å²) in [4.78, 5) is 0. The van der Waals surface area contributed by atoms with E-state index in [2.05, 4.69) is 59.9 Å². The third-order valence-electron chi connectivity index (χ3n) is 7.44. The monoisotopic (exact) mass is 419 g/mol. The summed E-state index contributed by atoms with van der Waals surface area (Å²) in [5.74, 6) is 0. The van der Waals surface area contributed by atoms with Crippen LogP contribution in [0, 0.1) is 0 Å². The molecule has 0 aromatic heterocycles. The number of nitrogens with one attached hydrogen (secondary N) is 1. The number of rotatable bonds is 2. The molecule has 0 spiro atoms. The van der Waals surface area contributed by atoms with Crippen molar-refractivity contribution < 1.29 is 0 Å². The lowest BCUT2D eigenvalue weighted by Gasteiger charge is -2.30. The molecule has 0 saturated heterocycles. The molecule has 0 bridgehead atoms. The molecule has 6 rings (SSSR count). The van der Waals surface area contributed by atoms with Crippen LogP contribution in [-0.2, 0) is 0 Å². The highest BCUT2D eigenvalue weighted by Crippen LogP contribution is 2.28. The molecule has 2 radical (unpaired) electrons. The Morgan fingerprint density at radius 1 is 0.562 bits per heavy atom. The lowest BCUT2D eigenvalue weighted by atomic mass is 9.87. The third kappa shape index (κ3) is 4.86. The summed E-state index contributed by atoms with van der Waals surface area (Å²) < 4.78 is 0. The lowest BCUT2D eigenvalue weighted by molar-refractivity contribution is 0.291. The summed E-state index contributed by atoms with van der Waals surface area (Å²) in [5.41, 5.74) is 0.846. The number of benzene rings is 4. The van der Waals surface area contributed by atoms with E-state index >= 15 is 0 Å². The van der Waals surface area contributed by atoms with Gasteiger partial charge in [0.2, 0.25) is 0 Å². The first-order chi connectivity index (χ1) is 15.8. The van der Waals surface area contributed by atoms with Gasteiger partial charge < -0.3 is 5.32 Å². The zero-order valence-corrected chi connectivity index (χ0v) is 19.2. The number of hydrogen-bond donors (Lipinski definition) is 1. The van der Waals surface area contributed by atoms with Gasteiger partial charge in [0.25, 0.3) is 0 Å². The van der Waals surface area contributed by atoms with Gasteiger partial charge in [-0.3, -0.25) is 0 Å². The van der Waals surface area contributed by atoms with E-state index in [1.165, 1.54) is 91.1 Å². The van der Waals surface area contributed by atoms with Crippen molar-refractivity contribution in [1.29, 1.82) is 0 Å². The maximum atomic E-state index is 6.17. The van der Waals surface area contributed by atoms with E-state index < -0.39 is 0 Å². The first kappa shape index (κ1) is 21.5. The SMILES string of the molecule is C1CCC(NC2CCCCC2)CC1.[B]c1cccc2ccc3cc4ccccc4cc3c12. The minimum Gasteiger partial charge on any atom is -0.311 e. The first-order valence-corrected chi connectivity index (χ1v) is 12.6. The molecule has 4 aromatic rings. The van der Waals surface area contributed by atoms with Crippen LogP contribution in [0.1, 0.15) is 64.2 Å². The Hall–Kier alpha value is -2.32. The minimum atomic E-state index is 0.846. The van der Waals surface area contributed by atoms with Gasteiger partial charge in [-0.05, 0) is 70.1 Å². The molecular weight excluding hydrogens is 385 g/mol. The molecular formula is C30H34BN. The van der Waals surface area contributed by atoms with E-state index in [-0.39, 0.29) is 0 Å². The van der Waals surface area contributed by atoms with Gasteiger partial charge in [-0.15, -0.1) is 0 Å². The van der Waals surface area contributed by atoms with Crippen LogP contribution in [0.4, 0.5) is 0 Å². The summed E-state index contributed by atoms with van der Waals surface area (Å²) in [7, 11) is 6.17. The second kappa shape index (κ2) is 10.1. The van der Waals surface area contributed by atoms with Crippen LogP contribution in [0.15, 0.2) is 66.7 Å². The van der Waals surface area contributed by atoms with Crippen LogP contribution in [-0.4, -0.2) is 19.9 Å². The minimum absolute atomic E-state index is 0.846. The van der Waals surface area contributed by atoms with Gasteiger partial charge in [-0.1, -0.05) is 98.6 Å². The molecule has 32 heavy (non-hydrogen) atoms. The summed E-state index contributed by atoms with van der Waals surface area (Å²) in [6.45, 7) is 0. The quantitative estimate of drug-likeness (QED) is 0.206. The van der Waals surface area contributed by atoms with Crippen molar-refractivity contribution in [3.05, 3.63) is 66.7 Å². The van der Waals surface area contributed by atoms with E-state index in [4.69, 9.17) is 7.85 Å². The second-order valence-electron chi connectivity index (χ2n) is 9.77. The fourth-order valence-electron chi connectivity index (χ4n) is 5.70. The Balaban J connectivity index is 0.000000146. The molecule has 0 atom stereocenters. The molecule has 0 amide bonds. The van der Waals surface area contributed by atoms with Crippen molar-refractivity contribution in [2.24, 2.45) is 0 Å². The van der Waals surface area contributed by atoms with Crippen molar-refractivity contribution in [3.8, 4) is 0 Å². The van der Waals surface area contributed by atoms with Gasteiger partial charge in [0.05, 0.1) is 0 Å². The van der Waals surface area contributed by atoms with Gasteiger partial charge in [0, 0.05) is 12.1 Å². The predicted molar refractivity (Wildman–Crippen MR) is 141 cm³/mol. The summed E-state index contributed by atoms with van der Waals surface area (Å²) in [6.07, 6.45) is 14.6. The van der Waals surface area contributed by atoms with Gasteiger partial charge in [0.1, 0.15) is 7.85 Å². The van der Waals surface area contributed by atoms with Crippen LogP contribution in [0.3, 0.4) is 0 Å². The highest BCUT2D eigenvalue weighted by molar-refractivity contribution is 6.41. The Bertz CT molecular complexity index is 1170. The van der Waals surface area contributed by atoms with E-state index in [9.17, 15) is 0 Å². The average Bonchev–Trinajstić information content (AvgIpc) is 2.84. The molecule has 0 heterocycles. The van der Waals surface area contributed by atoms with Gasteiger partial charge >= 0.3 is 0 Å². The second-order valence-corrected chi connectivity index (χ2v) is 9.77. The van der Waals surface area contributed by atoms with Gasteiger partial charge in [-0.2, -0.15) is 0 Å². The largest absolute Gasteiger partial charge is 0.311 e. The molecule has 0 aliphatic heterocycles. The Morgan fingerprint density at radius 2 is 1.12 bits per heavy atom. The predicted octanol–water partition coefficient (Wildman–Crippen LogP) is 7.18. The Labute approximate surface area is 194 Å².